The van der Waals surface area contributed by atoms with Gasteiger partial charge in [0, 0.05) is 31.0 Å². The fourth-order valence-corrected chi connectivity index (χ4v) is 3.68. The predicted octanol–water partition coefficient (Wildman–Crippen LogP) is -0.466. The first-order valence-corrected chi connectivity index (χ1v) is 10.1. The van der Waals surface area contributed by atoms with E-state index in [4.69, 9.17) is 4.74 Å². The summed E-state index contributed by atoms with van der Waals surface area (Å²) in [5.41, 5.74) is 1.01. The summed E-state index contributed by atoms with van der Waals surface area (Å²) in [4.78, 5) is 31.1. The van der Waals surface area contributed by atoms with Crippen LogP contribution in [0.2, 0.25) is 0 Å². The number of thioether (sulfide) groups is 1. The van der Waals surface area contributed by atoms with Crippen LogP contribution < -0.4 is 10.6 Å². The van der Waals surface area contributed by atoms with E-state index in [0.717, 1.165) is 24.4 Å². The number of nitrogens with zero attached hydrogens (tertiary/aromatic N) is 2. The Labute approximate surface area is 167 Å². The van der Waals surface area contributed by atoms with Crippen LogP contribution in [-0.2, 0) is 16.1 Å². The number of ether oxygens (including phenoxy) is 1. The van der Waals surface area contributed by atoms with Gasteiger partial charge < -0.3 is 25.6 Å². The maximum absolute atomic E-state index is 12.6. The molecule has 9 nitrogen and oxygen atoms in total. The topological polar surface area (TPSA) is 123 Å². The normalized spacial score (nSPS) is 18.4. The van der Waals surface area contributed by atoms with Crippen molar-refractivity contribution in [2.75, 3.05) is 45.2 Å². The molecule has 0 radical (unpaired) electrons. The summed E-state index contributed by atoms with van der Waals surface area (Å²) in [6, 6.07) is 3.51. The molecule has 1 saturated heterocycles. The average Bonchev–Trinajstić information content (AvgIpc) is 3.19. The lowest BCUT2D eigenvalue weighted by molar-refractivity contribution is -0.122. The minimum Gasteiger partial charge on any atom is -0.508 e. The third-order valence-electron chi connectivity index (χ3n) is 4.37. The summed E-state index contributed by atoms with van der Waals surface area (Å²) >= 11 is 1.41. The molecule has 2 aliphatic rings. The molecule has 3 rings (SSSR count). The van der Waals surface area contributed by atoms with Gasteiger partial charge in [-0.05, 0) is 23.8 Å². The minimum absolute atomic E-state index is 0.0300. The molecule has 1 aromatic rings. The number of amides is 2. The molecular formula is C18H24N4O5S. The Morgan fingerprint density at radius 3 is 2.75 bits per heavy atom. The summed E-state index contributed by atoms with van der Waals surface area (Å²) in [5, 5.41) is 25.1. The number of benzene rings is 1. The molecule has 0 saturated carbocycles. The molecule has 152 valence electrons. The number of phenols is 1. The SMILES string of the molecule is O=C(NC(CO)C(=O)NC1=NCCS1)c1cc(O)cc(CN2CCOCC2)c1. The Morgan fingerprint density at radius 2 is 2.07 bits per heavy atom. The van der Waals surface area contributed by atoms with Crippen molar-refractivity contribution >= 4 is 28.7 Å². The van der Waals surface area contributed by atoms with Crippen molar-refractivity contribution in [1.29, 1.82) is 0 Å². The third kappa shape index (κ3) is 5.68. The number of aliphatic hydroxyl groups excluding tert-OH is 1. The standard InChI is InChI=1S/C18H24N4O5S/c23-11-15(17(26)21-18-19-1-6-28-18)20-16(25)13-7-12(8-14(24)9-13)10-22-2-4-27-5-3-22/h7-9,15,23-24H,1-6,10-11H2,(H,20,25)(H,19,21,26). The highest BCUT2D eigenvalue weighted by atomic mass is 32.2. The Bertz CT molecular complexity index is 751. The third-order valence-corrected chi connectivity index (χ3v) is 5.26. The number of aromatic hydroxyl groups is 1. The van der Waals surface area contributed by atoms with Crippen LogP contribution in [-0.4, -0.2) is 83.3 Å². The van der Waals surface area contributed by atoms with Gasteiger partial charge in [0.15, 0.2) is 5.17 Å². The van der Waals surface area contributed by atoms with Gasteiger partial charge in [0.2, 0.25) is 0 Å². The fourth-order valence-electron chi connectivity index (χ4n) is 2.95. The maximum Gasteiger partial charge on any atom is 0.252 e. The predicted molar refractivity (Wildman–Crippen MR) is 105 cm³/mol. The Hall–Kier alpha value is -2.14. The zero-order chi connectivity index (χ0) is 19.9. The quantitative estimate of drug-likeness (QED) is 0.502. The van der Waals surface area contributed by atoms with E-state index < -0.39 is 24.5 Å². The number of aliphatic imine (C=N–C) groups is 1. The van der Waals surface area contributed by atoms with E-state index in [1.165, 1.54) is 17.8 Å². The molecule has 28 heavy (non-hydrogen) atoms. The second kappa shape index (κ2) is 9.87. The van der Waals surface area contributed by atoms with E-state index in [0.29, 0.717) is 31.5 Å². The zero-order valence-corrected chi connectivity index (χ0v) is 16.2. The number of amidine groups is 1. The number of phenolic OH excluding ortho intramolecular Hbond substituents is 1. The molecule has 4 N–H and O–H groups in total. The smallest absolute Gasteiger partial charge is 0.252 e. The number of hydrogen-bond acceptors (Lipinski definition) is 8. The Morgan fingerprint density at radius 1 is 1.29 bits per heavy atom. The number of aliphatic hydroxyl groups is 1. The lowest BCUT2D eigenvalue weighted by Gasteiger charge is -2.26. The number of nitrogens with one attached hydrogen (secondary N) is 2. The van der Waals surface area contributed by atoms with Crippen molar-refractivity contribution in [3.05, 3.63) is 29.3 Å². The number of hydrogen-bond donors (Lipinski definition) is 4. The second-order valence-corrected chi connectivity index (χ2v) is 7.59. The van der Waals surface area contributed by atoms with E-state index in [1.807, 2.05) is 0 Å². The van der Waals surface area contributed by atoms with Crippen LogP contribution in [0.3, 0.4) is 0 Å². The van der Waals surface area contributed by atoms with Gasteiger partial charge in [-0.1, -0.05) is 11.8 Å². The summed E-state index contributed by atoms with van der Waals surface area (Å²) in [6.07, 6.45) is 0. The molecule has 1 atom stereocenters. The van der Waals surface area contributed by atoms with Gasteiger partial charge in [0.25, 0.3) is 11.8 Å². The summed E-state index contributed by atoms with van der Waals surface area (Å²) in [5.74, 6) is -0.314. The fraction of sp³-hybridized carbons (Fsp3) is 0.500. The number of carbonyl (C=O) groups is 2. The Kier molecular flexibility index (Phi) is 7.26. The van der Waals surface area contributed by atoms with Crippen LogP contribution in [0.5, 0.6) is 5.75 Å². The molecule has 2 amide bonds. The van der Waals surface area contributed by atoms with Crippen LogP contribution in [0.4, 0.5) is 0 Å². The highest BCUT2D eigenvalue weighted by Gasteiger charge is 2.23. The molecule has 1 unspecified atom stereocenters. The number of carbonyl (C=O) groups excluding carboxylic acids is 2. The lowest BCUT2D eigenvalue weighted by Crippen LogP contribution is -2.49. The summed E-state index contributed by atoms with van der Waals surface area (Å²) < 4.78 is 5.32. The van der Waals surface area contributed by atoms with Gasteiger partial charge in [-0.2, -0.15) is 0 Å². The lowest BCUT2D eigenvalue weighted by atomic mass is 10.1. The van der Waals surface area contributed by atoms with E-state index in [9.17, 15) is 19.8 Å². The van der Waals surface area contributed by atoms with Crippen LogP contribution in [0, 0.1) is 0 Å². The molecule has 10 heteroatoms. The van der Waals surface area contributed by atoms with Crippen molar-refractivity contribution in [2.24, 2.45) is 4.99 Å². The molecule has 0 aliphatic carbocycles. The summed E-state index contributed by atoms with van der Waals surface area (Å²) in [6.45, 7) is 3.54. The van der Waals surface area contributed by atoms with Crippen molar-refractivity contribution in [1.82, 2.24) is 15.5 Å². The van der Waals surface area contributed by atoms with Crippen LogP contribution in [0.15, 0.2) is 23.2 Å². The largest absolute Gasteiger partial charge is 0.508 e. The molecule has 2 heterocycles. The minimum atomic E-state index is -1.11. The van der Waals surface area contributed by atoms with Gasteiger partial charge >= 0.3 is 0 Å². The van der Waals surface area contributed by atoms with Crippen molar-refractivity contribution in [3.63, 3.8) is 0 Å². The first-order valence-electron chi connectivity index (χ1n) is 9.08. The highest BCUT2D eigenvalue weighted by molar-refractivity contribution is 8.14. The molecule has 1 aromatic carbocycles. The highest BCUT2D eigenvalue weighted by Crippen LogP contribution is 2.18. The van der Waals surface area contributed by atoms with Gasteiger partial charge in [0.05, 0.1) is 26.4 Å². The zero-order valence-electron chi connectivity index (χ0n) is 15.4. The van der Waals surface area contributed by atoms with Crippen LogP contribution in [0.25, 0.3) is 0 Å². The van der Waals surface area contributed by atoms with E-state index in [2.05, 4.69) is 20.5 Å². The molecule has 0 bridgehead atoms. The van der Waals surface area contributed by atoms with Crippen molar-refractivity contribution in [2.45, 2.75) is 12.6 Å². The molecule has 2 aliphatic heterocycles. The average molecular weight is 408 g/mol. The van der Waals surface area contributed by atoms with E-state index in [-0.39, 0.29) is 11.3 Å². The van der Waals surface area contributed by atoms with Gasteiger partial charge in [-0.3, -0.25) is 19.5 Å². The molecule has 0 spiro atoms. The van der Waals surface area contributed by atoms with Gasteiger partial charge in [-0.25, -0.2) is 0 Å². The van der Waals surface area contributed by atoms with Crippen LogP contribution in [0.1, 0.15) is 15.9 Å². The number of morpholine rings is 1. The van der Waals surface area contributed by atoms with Crippen molar-refractivity contribution in [3.8, 4) is 5.75 Å². The first-order chi connectivity index (χ1) is 13.5. The molecule has 1 fully saturated rings. The molecular weight excluding hydrogens is 384 g/mol. The van der Waals surface area contributed by atoms with Crippen molar-refractivity contribution < 1.29 is 24.5 Å². The maximum atomic E-state index is 12.6. The van der Waals surface area contributed by atoms with Gasteiger partial charge in [0.1, 0.15) is 11.8 Å². The monoisotopic (exact) mass is 408 g/mol. The van der Waals surface area contributed by atoms with Crippen LogP contribution >= 0.6 is 11.8 Å². The summed E-state index contributed by atoms with van der Waals surface area (Å²) in [7, 11) is 0. The molecule has 0 aromatic heterocycles. The number of rotatable bonds is 6. The van der Waals surface area contributed by atoms with E-state index in [1.54, 1.807) is 12.1 Å². The second-order valence-electron chi connectivity index (χ2n) is 6.51. The van der Waals surface area contributed by atoms with Gasteiger partial charge in [-0.15, -0.1) is 0 Å². The Balaban J connectivity index is 1.63. The first kappa shape index (κ1) is 20.6. The van der Waals surface area contributed by atoms with E-state index >= 15 is 0 Å².